The number of carbonyl (C=O) groups excluding carboxylic acids is 1. The van der Waals surface area contributed by atoms with Crippen LogP contribution in [0, 0.1) is 17.2 Å². The fourth-order valence-corrected chi connectivity index (χ4v) is 4.20. The fraction of sp³-hybridized carbons (Fsp3) is 0.292. The lowest BCUT2D eigenvalue weighted by Gasteiger charge is -2.27. The van der Waals surface area contributed by atoms with E-state index in [-0.39, 0.29) is 23.3 Å². The van der Waals surface area contributed by atoms with E-state index in [1.807, 2.05) is 6.07 Å². The summed E-state index contributed by atoms with van der Waals surface area (Å²) in [5, 5.41) is 12.7. The summed E-state index contributed by atoms with van der Waals surface area (Å²) in [6, 6.07) is 9.33. The molecule has 1 atom stereocenters. The lowest BCUT2D eigenvalue weighted by Crippen LogP contribution is -2.21. The number of fused-ring (bicyclic) bond motifs is 2. The Kier molecular flexibility index (Phi) is 5.17. The van der Waals surface area contributed by atoms with Crippen LogP contribution in [0.2, 0.25) is 0 Å². The summed E-state index contributed by atoms with van der Waals surface area (Å²) in [7, 11) is 4.58. The first kappa shape index (κ1) is 21.5. The highest BCUT2D eigenvalue weighted by Gasteiger charge is 2.34. The van der Waals surface area contributed by atoms with E-state index in [0.717, 1.165) is 12.8 Å². The predicted octanol–water partition coefficient (Wildman–Crippen LogP) is 3.16. The molecule has 0 radical (unpaired) electrons. The zero-order chi connectivity index (χ0) is 24.0. The largest absolute Gasteiger partial charge is 0.493 e. The number of aromatic amines is 1. The molecular formula is C24H23N5O5. The van der Waals surface area contributed by atoms with Crippen molar-refractivity contribution in [3.63, 3.8) is 0 Å². The molecule has 3 aromatic rings. The van der Waals surface area contributed by atoms with Gasteiger partial charge < -0.3 is 29.7 Å². The van der Waals surface area contributed by atoms with Gasteiger partial charge in [0.05, 0.1) is 38.3 Å². The molecule has 10 nitrogen and oxygen atoms in total. The second-order valence-electron chi connectivity index (χ2n) is 8.14. The van der Waals surface area contributed by atoms with Crippen LogP contribution < -0.4 is 30.0 Å². The summed E-state index contributed by atoms with van der Waals surface area (Å²) in [5.74, 6) is 1.63. The van der Waals surface area contributed by atoms with Crippen molar-refractivity contribution in [2.24, 2.45) is 11.7 Å². The van der Waals surface area contributed by atoms with E-state index in [0.29, 0.717) is 51.1 Å². The van der Waals surface area contributed by atoms with E-state index < -0.39 is 5.92 Å². The van der Waals surface area contributed by atoms with Gasteiger partial charge in [-0.05, 0) is 36.6 Å². The van der Waals surface area contributed by atoms with Crippen LogP contribution in [0.1, 0.15) is 29.9 Å². The first-order valence-corrected chi connectivity index (χ1v) is 10.7. The Morgan fingerprint density at radius 3 is 2.47 bits per heavy atom. The lowest BCUT2D eigenvalue weighted by molar-refractivity contribution is -0.117. The molecule has 1 fully saturated rings. The second kappa shape index (κ2) is 8.19. The van der Waals surface area contributed by atoms with Crippen LogP contribution in [0.4, 0.5) is 5.95 Å². The molecule has 1 aromatic heterocycles. The van der Waals surface area contributed by atoms with Crippen molar-refractivity contribution in [2.75, 3.05) is 26.6 Å². The maximum atomic E-state index is 12.2. The number of hydrogen-bond donors (Lipinski definition) is 3. The fourth-order valence-electron chi connectivity index (χ4n) is 4.20. The summed E-state index contributed by atoms with van der Waals surface area (Å²) >= 11 is 0. The smallest absolute Gasteiger partial charge is 0.229 e. The highest BCUT2D eigenvalue weighted by molar-refractivity contribution is 5.94. The van der Waals surface area contributed by atoms with Crippen LogP contribution in [-0.4, -0.2) is 37.2 Å². The number of nitrogens with one attached hydrogen (secondary N) is 2. The Hall–Kier alpha value is -4.39. The third kappa shape index (κ3) is 3.51. The van der Waals surface area contributed by atoms with E-state index in [9.17, 15) is 10.1 Å². The van der Waals surface area contributed by atoms with E-state index in [1.165, 1.54) is 21.3 Å². The Morgan fingerprint density at radius 2 is 1.88 bits per heavy atom. The van der Waals surface area contributed by atoms with Crippen molar-refractivity contribution in [3.8, 4) is 29.1 Å². The molecule has 2 aliphatic rings. The average molecular weight is 461 g/mol. The minimum Gasteiger partial charge on any atom is -0.493 e. The molecule has 5 rings (SSSR count). The van der Waals surface area contributed by atoms with Crippen molar-refractivity contribution in [2.45, 2.75) is 18.8 Å². The van der Waals surface area contributed by atoms with Crippen molar-refractivity contribution >= 4 is 22.9 Å². The minimum absolute atomic E-state index is 0.00546. The topological polar surface area (TPSA) is 145 Å². The number of methoxy groups -OCH3 is 3. The molecule has 0 spiro atoms. The van der Waals surface area contributed by atoms with Gasteiger partial charge in [-0.1, -0.05) is 0 Å². The van der Waals surface area contributed by atoms with Gasteiger partial charge in [0.1, 0.15) is 17.4 Å². The first-order chi connectivity index (χ1) is 16.5. The summed E-state index contributed by atoms with van der Waals surface area (Å²) in [6.45, 7) is 0. The summed E-state index contributed by atoms with van der Waals surface area (Å²) in [5.41, 5.74) is 9.10. The van der Waals surface area contributed by atoms with Gasteiger partial charge in [-0.3, -0.25) is 10.1 Å². The molecular weight excluding hydrogens is 438 g/mol. The number of nitrogens with two attached hydrogens (primary N) is 1. The molecule has 0 bridgehead atoms. The number of ether oxygens (including phenoxy) is 4. The molecule has 174 valence electrons. The number of hydrogen-bond acceptors (Lipinski definition) is 8. The van der Waals surface area contributed by atoms with Crippen molar-refractivity contribution in [1.82, 2.24) is 9.97 Å². The number of rotatable bonds is 6. The second-order valence-corrected chi connectivity index (χ2v) is 8.14. The van der Waals surface area contributed by atoms with Crippen molar-refractivity contribution in [3.05, 3.63) is 46.8 Å². The number of anilines is 1. The maximum Gasteiger partial charge on any atom is 0.229 e. The van der Waals surface area contributed by atoms with Gasteiger partial charge in [-0.2, -0.15) is 5.26 Å². The first-order valence-electron chi connectivity index (χ1n) is 10.7. The Labute approximate surface area is 195 Å². The van der Waals surface area contributed by atoms with E-state index in [2.05, 4.69) is 21.4 Å². The zero-order valence-corrected chi connectivity index (χ0v) is 18.9. The SMILES string of the molecule is COc1cc(C2C(C#N)=C(N)Oc3cc4nc(NC(=O)C5CC5)[nH]c4cc32)cc(OC)c1OC. The standard InChI is InChI=1S/C24H23N5O5/c1-31-18-6-12(7-19(32-2)21(18)33-3)20-13-8-15-16(9-17(13)34-22(26)14(20)10-25)28-24(27-15)29-23(30)11-4-5-11/h6-9,11,20H,4-5,26H2,1-3H3,(H2,27,28,29,30). The molecule has 1 aliphatic carbocycles. The van der Waals surface area contributed by atoms with Gasteiger partial charge in [0, 0.05) is 17.5 Å². The van der Waals surface area contributed by atoms with Gasteiger partial charge in [-0.25, -0.2) is 4.98 Å². The molecule has 1 amide bonds. The average Bonchev–Trinajstić information content (AvgIpc) is 3.62. The molecule has 2 aromatic carbocycles. The summed E-state index contributed by atoms with van der Waals surface area (Å²) in [4.78, 5) is 19.8. The molecule has 1 aliphatic heterocycles. The van der Waals surface area contributed by atoms with E-state index in [4.69, 9.17) is 24.7 Å². The summed E-state index contributed by atoms with van der Waals surface area (Å²) < 4.78 is 22.2. The molecule has 1 unspecified atom stereocenters. The van der Waals surface area contributed by atoms with Gasteiger partial charge in [-0.15, -0.1) is 0 Å². The minimum atomic E-state index is -0.556. The highest BCUT2D eigenvalue weighted by Crippen LogP contribution is 2.47. The molecule has 1 saturated carbocycles. The number of carbonyl (C=O) groups is 1. The monoisotopic (exact) mass is 461 g/mol. The number of H-pyrrole nitrogens is 1. The predicted molar refractivity (Wildman–Crippen MR) is 123 cm³/mol. The molecule has 10 heteroatoms. The Balaban J connectivity index is 1.64. The Morgan fingerprint density at radius 1 is 1.18 bits per heavy atom. The number of imidazole rings is 1. The van der Waals surface area contributed by atoms with Crippen LogP contribution in [-0.2, 0) is 4.79 Å². The van der Waals surface area contributed by atoms with Crippen molar-refractivity contribution < 1.29 is 23.7 Å². The number of aromatic nitrogens is 2. The molecule has 34 heavy (non-hydrogen) atoms. The number of nitrogens with zero attached hydrogens (tertiary/aromatic N) is 2. The number of benzene rings is 2. The van der Waals surface area contributed by atoms with Crippen LogP contribution in [0.25, 0.3) is 11.0 Å². The normalized spacial score (nSPS) is 16.9. The van der Waals surface area contributed by atoms with Gasteiger partial charge in [0.25, 0.3) is 0 Å². The molecule has 4 N–H and O–H groups in total. The van der Waals surface area contributed by atoms with E-state index in [1.54, 1.807) is 18.2 Å². The molecule has 2 heterocycles. The van der Waals surface area contributed by atoms with Crippen LogP contribution in [0.5, 0.6) is 23.0 Å². The van der Waals surface area contributed by atoms with Gasteiger partial charge in [0.2, 0.25) is 23.5 Å². The maximum absolute atomic E-state index is 12.2. The third-order valence-electron chi connectivity index (χ3n) is 6.03. The van der Waals surface area contributed by atoms with Gasteiger partial charge in [0.15, 0.2) is 11.5 Å². The lowest BCUT2D eigenvalue weighted by atomic mass is 9.83. The zero-order valence-electron chi connectivity index (χ0n) is 18.9. The molecule has 0 saturated heterocycles. The number of allylic oxidation sites excluding steroid dienone is 1. The highest BCUT2D eigenvalue weighted by atomic mass is 16.5. The number of nitriles is 1. The van der Waals surface area contributed by atoms with Crippen LogP contribution in [0.3, 0.4) is 0 Å². The third-order valence-corrected chi connectivity index (χ3v) is 6.03. The van der Waals surface area contributed by atoms with Crippen molar-refractivity contribution in [1.29, 1.82) is 5.26 Å². The van der Waals surface area contributed by atoms with Crippen LogP contribution >= 0.6 is 0 Å². The quantitative estimate of drug-likeness (QED) is 0.508. The van der Waals surface area contributed by atoms with Crippen LogP contribution in [0.15, 0.2) is 35.7 Å². The summed E-state index contributed by atoms with van der Waals surface area (Å²) in [6.07, 6.45) is 1.79. The van der Waals surface area contributed by atoms with Gasteiger partial charge >= 0.3 is 0 Å². The Bertz CT molecular complexity index is 1360. The van der Waals surface area contributed by atoms with E-state index >= 15 is 0 Å². The number of amides is 1.